The van der Waals surface area contributed by atoms with Gasteiger partial charge in [-0.05, 0) is 19.3 Å². The number of hydrogen-bond donors (Lipinski definition) is 2. The van der Waals surface area contributed by atoms with Gasteiger partial charge >= 0.3 is 5.97 Å². The van der Waals surface area contributed by atoms with Crippen LogP contribution in [-0.4, -0.2) is 23.0 Å². The van der Waals surface area contributed by atoms with E-state index in [4.69, 9.17) is 5.11 Å². The predicted molar refractivity (Wildman–Crippen MR) is 63.1 cm³/mol. The summed E-state index contributed by atoms with van der Waals surface area (Å²) in [5, 5.41) is 11.6. The van der Waals surface area contributed by atoms with E-state index in [-0.39, 0.29) is 24.3 Å². The second kappa shape index (κ2) is 7.25. The molecule has 3 atom stereocenters. The van der Waals surface area contributed by atoms with Crippen LogP contribution in [0.4, 0.5) is 0 Å². The highest BCUT2D eigenvalue weighted by Crippen LogP contribution is 2.19. The van der Waals surface area contributed by atoms with Gasteiger partial charge in [0.2, 0.25) is 5.91 Å². The molecule has 0 aromatic carbocycles. The number of aliphatic carboxylic acids is 1. The van der Waals surface area contributed by atoms with Crippen molar-refractivity contribution in [1.82, 2.24) is 5.32 Å². The lowest BCUT2D eigenvalue weighted by Crippen LogP contribution is -2.40. The molecule has 0 aromatic heterocycles. The summed E-state index contributed by atoms with van der Waals surface area (Å²) in [5.74, 6) is -1.37. The molecule has 0 bridgehead atoms. The van der Waals surface area contributed by atoms with E-state index in [0.29, 0.717) is 0 Å². The molecule has 0 rings (SSSR count). The van der Waals surface area contributed by atoms with Crippen molar-refractivity contribution in [2.45, 2.75) is 53.0 Å². The fourth-order valence-electron chi connectivity index (χ4n) is 1.48. The minimum Gasteiger partial charge on any atom is -0.481 e. The van der Waals surface area contributed by atoms with Gasteiger partial charge < -0.3 is 10.4 Å². The van der Waals surface area contributed by atoms with Gasteiger partial charge in [0.25, 0.3) is 0 Å². The van der Waals surface area contributed by atoms with Crippen LogP contribution in [0.3, 0.4) is 0 Å². The minimum absolute atomic E-state index is 0.0860. The first kappa shape index (κ1) is 14.9. The zero-order valence-corrected chi connectivity index (χ0v) is 10.6. The lowest BCUT2D eigenvalue weighted by atomic mass is 9.88. The van der Waals surface area contributed by atoms with Gasteiger partial charge in [-0.2, -0.15) is 0 Å². The van der Waals surface area contributed by atoms with E-state index >= 15 is 0 Å². The topological polar surface area (TPSA) is 66.4 Å². The third kappa shape index (κ3) is 5.14. The van der Waals surface area contributed by atoms with Gasteiger partial charge in [0, 0.05) is 6.04 Å². The largest absolute Gasteiger partial charge is 0.481 e. The van der Waals surface area contributed by atoms with Gasteiger partial charge in [-0.15, -0.1) is 0 Å². The average Bonchev–Trinajstić information content (AvgIpc) is 2.24. The number of carboxylic acids is 1. The summed E-state index contributed by atoms with van der Waals surface area (Å²) in [6, 6.07) is 0.104. The molecule has 4 nitrogen and oxygen atoms in total. The maximum absolute atomic E-state index is 11.9. The van der Waals surface area contributed by atoms with Gasteiger partial charge in [-0.3, -0.25) is 9.59 Å². The summed E-state index contributed by atoms with van der Waals surface area (Å²) in [5.41, 5.74) is 0. The molecule has 0 aromatic rings. The Morgan fingerprint density at radius 3 is 2.12 bits per heavy atom. The van der Waals surface area contributed by atoms with Crippen molar-refractivity contribution in [3.63, 3.8) is 0 Å². The number of carboxylic acid groups (broad SMARTS) is 1. The standard InChI is InChI=1S/C12H23NO3/c1-5-8(3)10(7-11(14)15)12(16)13-9(4)6-2/h8-10H,5-7H2,1-4H3,(H,13,16)(H,14,15). The Bertz CT molecular complexity index is 240. The fraction of sp³-hybridized carbons (Fsp3) is 0.833. The van der Waals surface area contributed by atoms with Crippen LogP contribution < -0.4 is 5.32 Å². The Morgan fingerprint density at radius 2 is 1.75 bits per heavy atom. The van der Waals surface area contributed by atoms with E-state index in [0.717, 1.165) is 12.8 Å². The lowest BCUT2D eigenvalue weighted by Gasteiger charge is -2.22. The molecule has 0 saturated heterocycles. The van der Waals surface area contributed by atoms with E-state index in [2.05, 4.69) is 5.32 Å². The Kier molecular flexibility index (Phi) is 6.77. The molecule has 1 amide bonds. The molecule has 0 aliphatic carbocycles. The molecule has 94 valence electrons. The number of hydrogen-bond acceptors (Lipinski definition) is 2. The molecule has 0 heterocycles. The summed E-state index contributed by atoms with van der Waals surface area (Å²) in [6.45, 7) is 7.80. The molecule has 0 aliphatic heterocycles. The zero-order chi connectivity index (χ0) is 12.7. The molecular weight excluding hydrogens is 206 g/mol. The smallest absolute Gasteiger partial charge is 0.304 e. The third-order valence-electron chi connectivity index (χ3n) is 3.06. The monoisotopic (exact) mass is 229 g/mol. The Morgan fingerprint density at radius 1 is 1.19 bits per heavy atom. The number of rotatable bonds is 7. The quantitative estimate of drug-likeness (QED) is 0.702. The molecule has 0 saturated carbocycles. The van der Waals surface area contributed by atoms with Crippen LogP contribution in [0.1, 0.15) is 47.0 Å². The highest BCUT2D eigenvalue weighted by molar-refractivity contribution is 5.83. The lowest BCUT2D eigenvalue weighted by molar-refractivity contribution is -0.142. The van der Waals surface area contributed by atoms with Gasteiger partial charge in [0.1, 0.15) is 0 Å². The molecule has 3 unspecified atom stereocenters. The average molecular weight is 229 g/mol. The maximum Gasteiger partial charge on any atom is 0.304 e. The van der Waals surface area contributed by atoms with Crippen molar-refractivity contribution in [3.05, 3.63) is 0 Å². The number of carbonyl (C=O) groups is 2. The molecular formula is C12H23NO3. The van der Waals surface area contributed by atoms with Gasteiger partial charge in [-0.1, -0.05) is 27.2 Å². The van der Waals surface area contributed by atoms with Crippen molar-refractivity contribution < 1.29 is 14.7 Å². The minimum atomic E-state index is -0.912. The SMILES string of the molecule is CCC(C)NC(=O)C(CC(=O)O)C(C)CC. The van der Waals surface area contributed by atoms with Crippen LogP contribution >= 0.6 is 0 Å². The fourth-order valence-corrected chi connectivity index (χ4v) is 1.48. The van der Waals surface area contributed by atoms with Gasteiger partial charge in [-0.25, -0.2) is 0 Å². The van der Waals surface area contributed by atoms with Crippen molar-refractivity contribution in [2.24, 2.45) is 11.8 Å². The highest BCUT2D eigenvalue weighted by atomic mass is 16.4. The Balaban J connectivity index is 4.49. The van der Waals surface area contributed by atoms with Crippen LogP contribution in [0.15, 0.2) is 0 Å². The number of nitrogens with one attached hydrogen (secondary N) is 1. The van der Waals surface area contributed by atoms with Crippen LogP contribution in [0.2, 0.25) is 0 Å². The summed E-state index contributed by atoms with van der Waals surface area (Å²) >= 11 is 0. The van der Waals surface area contributed by atoms with Crippen molar-refractivity contribution in [2.75, 3.05) is 0 Å². The summed E-state index contributed by atoms with van der Waals surface area (Å²) in [7, 11) is 0. The van der Waals surface area contributed by atoms with Crippen LogP contribution in [0, 0.1) is 11.8 Å². The Labute approximate surface area is 97.4 Å². The molecule has 16 heavy (non-hydrogen) atoms. The summed E-state index contributed by atoms with van der Waals surface area (Å²) in [6.07, 6.45) is 1.58. The van der Waals surface area contributed by atoms with E-state index in [1.807, 2.05) is 27.7 Å². The molecule has 0 spiro atoms. The van der Waals surface area contributed by atoms with Gasteiger partial charge in [0.05, 0.1) is 12.3 Å². The highest BCUT2D eigenvalue weighted by Gasteiger charge is 2.27. The first-order chi connectivity index (χ1) is 7.42. The Hall–Kier alpha value is -1.06. The number of amides is 1. The van der Waals surface area contributed by atoms with Crippen molar-refractivity contribution in [3.8, 4) is 0 Å². The van der Waals surface area contributed by atoms with E-state index in [1.54, 1.807) is 0 Å². The number of carbonyl (C=O) groups excluding carboxylic acids is 1. The second-order valence-corrected chi connectivity index (χ2v) is 4.41. The summed E-state index contributed by atoms with van der Waals surface area (Å²) in [4.78, 5) is 22.6. The predicted octanol–water partition coefficient (Wildman–Crippen LogP) is 2.04. The van der Waals surface area contributed by atoms with Crippen molar-refractivity contribution >= 4 is 11.9 Å². The van der Waals surface area contributed by atoms with E-state index < -0.39 is 11.9 Å². The van der Waals surface area contributed by atoms with Crippen molar-refractivity contribution in [1.29, 1.82) is 0 Å². The molecule has 0 radical (unpaired) electrons. The normalized spacial score (nSPS) is 16.2. The van der Waals surface area contributed by atoms with Crippen LogP contribution in [0.5, 0.6) is 0 Å². The molecule has 0 fully saturated rings. The maximum atomic E-state index is 11.9. The van der Waals surface area contributed by atoms with Gasteiger partial charge in [0.15, 0.2) is 0 Å². The van der Waals surface area contributed by atoms with Crippen LogP contribution in [-0.2, 0) is 9.59 Å². The zero-order valence-electron chi connectivity index (χ0n) is 10.6. The second-order valence-electron chi connectivity index (χ2n) is 4.41. The molecule has 0 aliphatic rings. The van der Waals surface area contributed by atoms with E-state index in [1.165, 1.54) is 0 Å². The van der Waals surface area contributed by atoms with Crippen LogP contribution in [0.25, 0.3) is 0 Å². The first-order valence-electron chi connectivity index (χ1n) is 5.94. The molecule has 4 heteroatoms. The first-order valence-corrected chi connectivity index (χ1v) is 5.94. The third-order valence-corrected chi connectivity index (χ3v) is 3.06. The molecule has 2 N–H and O–H groups in total. The summed E-state index contributed by atoms with van der Waals surface area (Å²) < 4.78 is 0. The van der Waals surface area contributed by atoms with E-state index in [9.17, 15) is 9.59 Å².